The highest BCUT2D eigenvalue weighted by atomic mass is 79.9. The highest BCUT2D eigenvalue weighted by molar-refractivity contribution is 9.10. The molecule has 2 aromatic heterocycles. The molecule has 22 heavy (non-hydrogen) atoms. The van der Waals surface area contributed by atoms with E-state index in [0.717, 1.165) is 0 Å². The second kappa shape index (κ2) is 5.57. The van der Waals surface area contributed by atoms with E-state index in [2.05, 4.69) is 31.3 Å². The summed E-state index contributed by atoms with van der Waals surface area (Å²) < 4.78 is 1.94. The number of aromatic carboxylic acids is 1. The van der Waals surface area contributed by atoms with Gasteiger partial charge in [-0.15, -0.1) is 0 Å². The maximum absolute atomic E-state index is 12.3. The Morgan fingerprint density at radius 1 is 1.32 bits per heavy atom. The normalized spacial score (nSPS) is 10.6. The Labute approximate surface area is 132 Å². The summed E-state index contributed by atoms with van der Waals surface area (Å²) in [7, 11) is 0. The molecule has 0 radical (unpaired) electrons. The zero-order valence-corrected chi connectivity index (χ0v) is 12.6. The van der Waals surface area contributed by atoms with Crippen molar-refractivity contribution in [2.75, 3.05) is 5.32 Å². The summed E-state index contributed by atoms with van der Waals surface area (Å²) in [5.74, 6) is -1.44. The lowest BCUT2D eigenvalue weighted by molar-refractivity contribution is 0.0696. The molecule has 2 N–H and O–H groups in total. The van der Waals surface area contributed by atoms with Gasteiger partial charge in [0.1, 0.15) is 5.69 Å². The van der Waals surface area contributed by atoms with E-state index in [-0.39, 0.29) is 11.5 Å². The minimum absolute atomic E-state index is 0.0982. The molecule has 3 aromatic rings. The number of carboxylic acid groups (broad SMARTS) is 1. The average Bonchev–Trinajstić information content (AvgIpc) is 2.90. The first-order chi connectivity index (χ1) is 10.6. The molecule has 0 fully saturated rings. The largest absolute Gasteiger partial charge is 0.478 e. The van der Waals surface area contributed by atoms with Crippen LogP contribution in [0.2, 0.25) is 0 Å². The van der Waals surface area contributed by atoms with Gasteiger partial charge < -0.3 is 10.4 Å². The van der Waals surface area contributed by atoms with Crippen LogP contribution in [0.25, 0.3) is 5.65 Å². The number of rotatable bonds is 3. The summed E-state index contributed by atoms with van der Waals surface area (Å²) >= 11 is 3.21. The van der Waals surface area contributed by atoms with Crippen LogP contribution in [-0.2, 0) is 0 Å². The second-order valence-corrected chi connectivity index (χ2v) is 5.25. The molecule has 7 nitrogen and oxygen atoms in total. The van der Waals surface area contributed by atoms with Crippen molar-refractivity contribution in [3.05, 3.63) is 58.5 Å². The zero-order chi connectivity index (χ0) is 15.7. The summed E-state index contributed by atoms with van der Waals surface area (Å²) in [5, 5.41) is 15.7. The summed E-state index contributed by atoms with van der Waals surface area (Å²) in [6.45, 7) is 0. The SMILES string of the molecule is O=C(O)c1ccc(C(=O)Nc2cnn3cccnc23)c(Br)c1. The smallest absolute Gasteiger partial charge is 0.335 e. The summed E-state index contributed by atoms with van der Waals surface area (Å²) in [6.07, 6.45) is 4.82. The number of aromatic nitrogens is 3. The maximum atomic E-state index is 12.3. The highest BCUT2D eigenvalue weighted by Gasteiger charge is 2.15. The predicted molar refractivity (Wildman–Crippen MR) is 82.0 cm³/mol. The first-order valence-electron chi connectivity index (χ1n) is 6.19. The van der Waals surface area contributed by atoms with Crippen molar-refractivity contribution in [3.63, 3.8) is 0 Å². The van der Waals surface area contributed by atoms with E-state index < -0.39 is 5.97 Å². The molecule has 0 aliphatic carbocycles. The number of fused-ring (bicyclic) bond motifs is 1. The first kappa shape index (κ1) is 14.2. The summed E-state index contributed by atoms with van der Waals surface area (Å²) in [5.41, 5.74) is 1.41. The minimum Gasteiger partial charge on any atom is -0.478 e. The number of nitrogens with one attached hydrogen (secondary N) is 1. The van der Waals surface area contributed by atoms with Gasteiger partial charge >= 0.3 is 5.97 Å². The number of nitrogens with zero attached hydrogens (tertiary/aromatic N) is 3. The lowest BCUT2D eigenvalue weighted by atomic mass is 10.1. The molecule has 110 valence electrons. The van der Waals surface area contributed by atoms with Crippen LogP contribution in [0, 0.1) is 0 Å². The Kier molecular flexibility index (Phi) is 3.60. The molecular weight excluding hydrogens is 352 g/mol. The van der Waals surface area contributed by atoms with Crippen LogP contribution in [0.3, 0.4) is 0 Å². The van der Waals surface area contributed by atoms with E-state index in [1.165, 1.54) is 28.9 Å². The molecule has 0 saturated carbocycles. The van der Waals surface area contributed by atoms with Gasteiger partial charge in [0.05, 0.1) is 17.3 Å². The van der Waals surface area contributed by atoms with Crippen molar-refractivity contribution in [2.45, 2.75) is 0 Å². The van der Waals surface area contributed by atoms with E-state index >= 15 is 0 Å². The third-order valence-corrected chi connectivity index (χ3v) is 3.64. The lowest BCUT2D eigenvalue weighted by Crippen LogP contribution is -2.13. The van der Waals surface area contributed by atoms with Gasteiger partial charge in [0, 0.05) is 16.9 Å². The fourth-order valence-corrected chi connectivity index (χ4v) is 2.50. The van der Waals surface area contributed by atoms with Gasteiger partial charge in [-0.1, -0.05) is 0 Å². The second-order valence-electron chi connectivity index (χ2n) is 4.40. The van der Waals surface area contributed by atoms with Crippen LogP contribution in [0.4, 0.5) is 5.69 Å². The predicted octanol–water partition coefficient (Wildman–Crippen LogP) is 2.44. The topological polar surface area (TPSA) is 96.6 Å². The number of hydrogen-bond donors (Lipinski definition) is 2. The first-order valence-corrected chi connectivity index (χ1v) is 6.98. The molecular formula is C14H9BrN4O3. The van der Waals surface area contributed by atoms with E-state index in [4.69, 9.17) is 5.11 Å². The fourth-order valence-electron chi connectivity index (χ4n) is 1.94. The number of carbonyl (C=O) groups is 2. The van der Waals surface area contributed by atoms with E-state index in [1.807, 2.05) is 0 Å². The van der Waals surface area contributed by atoms with E-state index in [0.29, 0.717) is 21.4 Å². The van der Waals surface area contributed by atoms with Crippen LogP contribution in [0.5, 0.6) is 0 Å². The molecule has 0 aliphatic rings. The fraction of sp³-hybridized carbons (Fsp3) is 0. The van der Waals surface area contributed by atoms with Crippen LogP contribution >= 0.6 is 15.9 Å². The quantitative estimate of drug-likeness (QED) is 0.747. The number of halogens is 1. The third-order valence-electron chi connectivity index (χ3n) is 2.99. The molecule has 0 unspecified atom stereocenters. The molecule has 8 heteroatoms. The zero-order valence-electron chi connectivity index (χ0n) is 11.0. The van der Waals surface area contributed by atoms with Gasteiger partial charge in [-0.25, -0.2) is 14.3 Å². The van der Waals surface area contributed by atoms with Crippen molar-refractivity contribution in [3.8, 4) is 0 Å². The number of hydrogen-bond acceptors (Lipinski definition) is 4. The number of anilines is 1. The molecule has 2 heterocycles. The van der Waals surface area contributed by atoms with Gasteiger partial charge in [-0.2, -0.15) is 5.10 Å². The van der Waals surface area contributed by atoms with Gasteiger partial charge in [-0.3, -0.25) is 4.79 Å². The minimum atomic E-state index is -1.06. The molecule has 1 aromatic carbocycles. The Balaban J connectivity index is 1.90. The molecule has 0 aliphatic heterocycles. The molecule has 0 bridgehead atoms. The van der Waals surface area contributed by atoms with Crippen molar-refractivity contribution >= 4 is 39.1 Å². The molecule has 0 saturated heterocycles. The lowest BCUT2D eigenvalue weighted by Gasteiger charge is -2.06. The van der Waals surface area contributed by atoms with Crippen molar-refractivity contribution in [2.24, 2.45) is 0 Å². The van der Waals surface area contributed by atoms with Crippen LogP contribution in [0.15, 0.2) is 47.3 Å². The van der Waals surface area contributed by atoms with E-state index in [1.54, 1.807) is 18.5 Å². The molecule has 3 rings (SSSR count). The standard InChI is InChI=1S/C14H9BrN4O3/c15-10-6-8(14(21)22)2-3-9(10)13(20)18-11-7-17-19-5-1-4-16-12(11)19/h1-7H,(H,18,20)(H,21,22). The van der Waals surface area contributed by atoms with Crippen molar-refractivity contribution in [1.82, 2.24) is 14.6 Å². The molecule has 1 amide bonds. The van der Waals surface area contributed by atoms with Gasteiger partial charge in [0.2, 0.25) is 0 Å². The van der Waals surface area contributed by atoms with Crippen molar-refractivity contribution < 1.29 is 14.7 Å². The number of benzene rings is 1. The maximum Gasteiger partial charge on any atom is 0.335 e. The molecule has 0 spiro atoms. The number of carbonyl (C=O) groups excluding carboxylic acids is 1. The Morgan fingerprint density at radius 2 is 2.14 bits per heavy atom. The Morgan fingerprint density at radius 3 is 2.86 bits per heavy atom. The summed E-state index contributed by atoms with van der Waals surface area (Å²) in [4.78, 5) is 27.3. The Hall–Kier alpha value is -2.74. The van der Waals surface area contributed by atoms with Gasteiger partial charge in [0.25, 0.3) is 5.91 Å². The molecule has 0 atom stereocenters. The number of amides is 1. The van der Waals surface area contributed by atoms with Gasteiger partial charge in [0.15, 0.2) is 5.65 Å². The Bertz CT molecular complexity index is 891. The number of carboxylic acids is 1. The summed E-state index contributed by atoms with van der Waals surface area (Å²) in [6, 6.07) is 5.93. The van der Waals surface area contributed by atoms with Crippen LogP contribution in [0.1, 0.15) is 20.7 Å². The average molecular weight is 361 g/mol. The van der Waals surface area contributed by atoms with Crippen LogP contribution in [-0.4, -0.2) is 31.6 Å². The van der Waals surface area contributed by atoms with E-state index in [9.17, 15) is 9.59 Å². The van der Waals surface area contributed by atoms with Gasteiger partial charge in [-0.05, 0) is 40.2 Å². The third kappa shape index (κ3) is 2.56. The van der Waals surface area contributed by atoms with Crippen LogP contribution < -0.4 is 5.32 Å². The highest BCUT2D eigenvalue weighted by Crippen LogP contribution is 2.21. The monoisotopic (exact) mass is 360 g/mol. The van der Waals surface area contributed by atoms with Crippen molar-refractivity contribution in [1.29, 1.82) is 0 Å².